The van der Waals surface area contributed by atoms with Crippen molar-refractivity contribution in [3.8, 4) is 0 Å². The topological polar surface area (TPSA) is 82.6 Å². The predicted octanol–water partition coefficient (Wildman–Crippen LogP) is 4.16. The van der Waals surface area contributed by atoms with Crippen molar-refractivity contribution in [1.29, 1.82) is 0 Å². The lowest BCUT2D eigenvalue weighted by molar-refractivity contribution is -0.141. The van der Waals surface area contributed by atoms with Gasteiger partial charge in [-0.3, -0.25) is 14.4 Å². The second kappa shape index (κ2) is 11.3. The minimum absolute atomic E-state index is 0.0641. The highest BCUT2D eigenvalue weighted by molar-refractivity contribution is 6.30. The third kappa shape index (κ3) is 6.35. The molecular weight excluding hydrogens is 464 g/mol. The minimum atomic E-state index is -0.0755. The number of piperidine rings is 2. The molecule has 3 fully saturated rings. The molecule has 3 amide bonds. The molecule has 0 saturated carbocycles. The van der Waals surface area contributed by atoms with Gasteiger partial charge in [0.15, 0.2) is 0 Å². The minimum Gasteiger partial charge on any atom is -0.353 e. The van der Waals surface area contributed by atoms with Crippen LogP contribution in [0.4, 0.5) is 0 Å². The Kier molecular flexibility index (Phi) is 8.35. The van der Waals surface area contributed by atoms with Crippen molar-refractivity contribution in [2.24, 2.45) is 23.7 Å². The SMILES string of the molecule is CC(C)[C@@H]1CC[C@@H](C)CC(=O)N2C[C@H]3C[C@H](CN(C(=O)c4ccc(Cl)cn4)C3)[C@@H]2CCCC(=O)N1. The molecule has 4 rings (SSSR count). The lowest BCUT2D eigenvalue weighted by atomic mass is 9.77. The Bertz CT molecular complexity index is 922. The van der Waals surface area contributed by atoms with Crippen LogP contribution in [0, 0.1) is 23.7 Å². The maximum atomic E-state index is 13.5. The first-order valence-corrected chi connectivity index (χ1v) is 13.6. The highest BCUT2D eigenvalue weighted by Gasteiger charge is 2.44. The summed E-state index contributed by atoms with van der Waals surface area (Å²) in [6, 6.07) is 3.59. The molecule has 3 aliphatic heterocycles. The zero-order valence-electron chi connectivity index (χ0n) is 21.2. The summed E-state index contributed by atoms with van der Waals surface area (Å²) in [6.45, 7) is 8.38. The van der Waals surface area contributed by atoms with Gasteiger partial charge in [0.25, 0.3) is 5.91 Å². The van der Waals surface area contributed by atoms with Gasteiger partial charge >= 0.3 is 0 Å². The fraction of sp³-hybridized carbons (Fsp3) is 0.704. The molecule has 7 nitrogen and oxygen atoms in total. The van der Waals surface area contributed by atoms with Crippen molar-refractivity contribution >= 4 is 29.3 Å². The maximum Gasteiger partial charge on any atom is 0.272 e. The summed E-state index contributed by atoms with van der Waals surface area (Å²) < 4.78 is 0. The molecular formula is C27H39ClN4O3. The van der Waals surface area contributed by atoms with Gasteiger partial charge in [-0.2, -0.15) is 0 Å². The molecule has 0 spiro atoms. The van der Waals surface area contributed by atoms with Crippen molar-refractivity contribution in [2.75, 3.05) is 19.6 Å². The first-order valence-electron chi connectivity index (χ1n) is 13.2. The molecule has 3 aliphatic rings. The zero-order valence-corrected chi connectivity index (χ0v) is 22.0. The molecule has 1 aromatic rings. The smallest absolute Gasteiger partial charge is 0.272 e. The van der Waals surface area contributed by atoms with E-state index in [9.17, 15) is 14.4 Å². The van der Waals surface area contributed by atoms with Crippen LogP contribution < -0.4 is 5.32 Å². The molecule has 1 aromatic heterocycles. The van der Waals surface area contributed by atoms with Gasteiger partial charge in [-0.1, -0.05) is 32.4 Å². The molecule has 8 heteroatoms. The third-order valence-electron chi connectivity index (χ3n) is 8.07. The summed E-state index contributed by atoms with van der Waals surface area (Å²) in [7, 11) is 0. The summed E-state index contributed by atoms with van der Waals surface area (Å²) in [4.78, 5) is 47.6. The predicted molar refractivity (Wildman–Crippen MR) is 136 cm³/mol. The second-order valence-electron chi connectivity index (χ2n) is 11.2. The summed E-state index contributed by atoms with van der Waals surface area (Å²) in [5.74, 6) is 1.40. The number of carbonyl (C=O) groups excluding carboxylic acids is 3. The fourth-order valence-corrected chi connectivity index (χ4v) is 6.25. The number of rotatable bonds is 2. The van der Waals surface area contributed by atoms with Crippen LogP contribution in [-0.2, 0) is 9.59 Å². The van der Waals surface area contributed by atoms with E-state index < -0.39 is 0 Å². The molecule has 5 atom stereocenters. The van der Waals surface area contributed by atoms with Crippen LogP contribution in [0.2, 0.25) is 5.02 Å². The molecule has 0 unspecified atom stereocenters. The van der Waals surface area contributed by atoms with Crippen LogP contribution >= 0.6 is 11.6 Å². The van der Waals surface area contributed by atoms with Gasteiger partial charge in [0, 0.05) is 50.8 Å². The molecule has 2 bridgehead atoms. The number of carbonyl (C=O) groups is 3. The van der Waals surface area contributed by atoms with Crippen LogP contribution in [0.15, 0.2) is 18.3 Å². The molecule has 0 aliphatic carbocycles. The van der Waals surface area contributed by atoms with Crippen molar-refractivity contribution in [1.82, 2.24) is 20.1 Å². The van der Waals surface area contributed by atoms with E-state index in [1.54, 1.807) is 12.1 Å². The van der Waals surface area contributed by atoms with E-state index in [4.69, 9.17) is 11.6 Å². The number of fused-ring (bicyclic) bond motifs is 4. The molecule has 0 aromatic carbocycles. The van der Waals surface area contributed by atoms with Crippen molar-refractivity contribution in [2.45, 2.75) is 77.8 Å². The highest BCUT2D eigenvalue weighted by Crippen LogP contribution is 2.37. The Morgan fingerprint density at radius 2 is 1.94 bits per heavy atom. The van der Waals surface area contributed by atoms with Crippen LogP contribution in [-0.4, -0.2) is 64.2 Å². The Hall–Kier alpha value is -2.15. The van der Waals surface area contributed by atoms with Gasteiger partial charge in [-0.15, -0.1) is 0 Å². The standard InChI is InChI=1S/C27H39ClN4O3/c1-17(2)22-9-7-18(3)11-26(34)32-15-19-12-20(24(32)5-4-6-25(33)30-22)16-31(14-19)27(35)23-10-8-21(28)13-29-23/h8,10,13,17-20,22,24H,4-7,9,11-12,14-16H2,1-3H3,(H,30,33)/t18-,19+,20-,22+,24+/m1/s1. The summed E-state index contributed by atoms with van der Waals surface area (Å²) in [5, 5.41) is 3.75. The van der Waals surface area contributed by atoms with E-state index in [1.165, 1.54) is 6.20 Å². The Balaban J connectivity index is 1.50. The number of pyridine rings is 1. The van der Waals surface area contributed by atoms with E-state index in [2.05, 4.69) is 36.0 Å². The van der Waals surface area contributed by atoms with E-state index in [0.717, 1.165) is 32.1 Å². The molecule has 0 radical (unpaired) electrons. The monoisotopic (exact) mass is 502 g/mol. The number of amides is 3. The lowest BCUT2D eigenvalue weighted by Crippen LogP contribution is -2.60. The Morgan fingerprint density at radius 1 is 1.14 bits per heavy atom. The van der Waals surface area contributed by atoms with Crippen LogP contribution in [0.3, 0.4) is 0 Å². The summed E-state index contributed by atoms with van der Waals surface area (Å²) in [6.07, 6.45) is 6.91. The Labute approximate surface area is 214 Å². The van der Waals surface area contributed by atoms with E-state index in [0.29, 0.717) is 49.1 Å². The van der Waals surface area contributed by atoms with Gasteiger partial charge in [-0.05, 0) is 67.9 Å². The Morgan fingerprint density at radius 3 is 2.66 bits per heavy atom. The van der Waals surface area contributed by atoms with Crippen molar-refractivity contribution < 1.29 is 14.4 Å². The highest BCUT2D eigenvalue weighted by atomic mass is 35.5. The number of aromatic nitrogens is 1. The van der Waals surface area contributed by atoms with Crippen LogP contribution in [0.25, 0.3) is 0 Å². The van der Waals surface area contributed by atoms with Gasteiger partial charge in [0.1, 0.15) is 5.69 Å². The third-order valence-corrected chi connectivity index (χ3v) is 8.29. The number of nitrogens with one attached hydrogen (secondary N) is 1. The molecule has 1 N–H and O–H groups in total. The normalized spacial score (nSPS) is 30.6. The average molecular weight is 503 g/mol. The number of nitrogens with zero attached hydrogens (tertiary/aromatic N) is 3. The van der Waals surface area contributed by atoms with Gasteiger partial charge < -0.3 is 15.1 Å². The van der Waals surface area contributed by atoms with E-state index >= 15 is 0 Å². The average Bonchev–Trinajstić information content (AvgIpc) is 2.82. The first-order chi connectivity index (χ1) is 16.7. The molecule has 35 heavy (non-hydrogen) atoms. The molecule has 4 heterocycles. The number of halogens is 1. The van der Waals surface area contributed by atoms with Crippen molar-refractivity contribution in [3.05, 3.63) is 29.0 Å². The number of likely N-dealkylation sites (tertiary alicyclic amines) is 1. The first kappa shape index (κ1) is 25.9. The van der Waals surface area contributed by atoms with Gasteiger partial charge in [0.05, 0.1) is 5.02 Å². The summed E-state index contributed by atoms with van der Waals surface area (Å²) in [5.41, 5.74) is 0.405. The van der Waals surface area contributed by atoms with E-state index in [-0.39, 0.29) is 47.6 Å². The van der Waals surface area contributed by atoms with Gasteiger partial charge in [0.2, 0.25) is 11.8 Å². The molecule has 3 saturated heterocycles. The fourth-order valence-electron chi connectivity index (χ4n) is 6.14. The molecule has 192 valence electrons. The largest absolute Gasteiger partial charge is 0.353 e. The number of hydrogen-bond acceptors (Lipinski definition) is 4. The van der Waals surface area contributed by atoms with E-state index in [1.807, 2.05) is 4.90 Å². The van der Waals surface area contributed by atoms with Crippen molar-refractivity contribution in [3.63, 3.8) is 0 Å². The second-order valence-corrected chi connectivity index (χ2v) is 11.7. The number of hydrogen-bond donors (Lipinski definition) is 1. The van der Waals surface area contributed by atoms with Crippen LogP contribution in [0.1, 0.15) is 76.2 Å². The van der Waals surface area contributed by atoms with Gasteiger partial charge in [-0.25, -0.2) is 4.98 Å². The summed E-state index contributed by atoms with van der Waals surface area (Å²) >= 11 is 5.95. The maximum absolute atomic E-state index is 13.5. The lowest BCUT2D eigenvalue weighted by Gasteiger charge is -2.51. The quantitative estimate of drug-likeness (QED) is 0.658. The zero-order chi connectivity index (χ0) is 25.1. The van der Waals surface area contributed by atoms with Crippen LogP contribution in [0.5, 0.6) is 0 Å².